The summed E-state index contributed by atoms with van der Waals surface area (Å²) in [6, 6.07) is 8.33. The Balaban J connectivity index is 1.85. The van der Waals surface area contributed by atoms with Crippen LogP contribution in [0.4, 0.5) is 0 Å². The number of nitrogens with zero attached hydrogens (tertiary/aromatic N) is 2. The van der Waals surface area contributed by atoms with Crippen LogP contribution in [0.3, 0.4) is 0 Å². The van der Waals surface area contributed by atoms with Crippen LogP contribution >= 0.6 is 11.8 Å². The highest BCUT2D eigenvalue weighted by Gasteiger charge is 2.09. The lowest BCUT2D eigenvalue weighted by molar-refractivity contribution is 0.196. The Hall–Kier alpha value is -1.26. The van der Waals surface area contributed by atoms with E-state index in [9.17, 15) is 5.11 Å². The molecule has 0 saturated carbocycles. The van der Waals surface area contributed by atoms with Gasteiger partial charge in [-0.05, 0) is 19.1 Å². The summed E-state index contributed by atoms with van der Waals surface area (Å²) in [5.74, 6) is 1.61. The van der Waals surface area contributed by atoms with Gasteiger partial charge < -0.3 is 9.67 Å². The van der Waals surface area contributed by atoms with Crippen LogP contribution in [-0.4, -0.2) is 26.5 Å². The van der Waals surface area contributed by atoms with Gasteiger partial charge in [0.15, 0.2) is 0 Å². The van der Waals surface area contributed by atoms with Crippen LogP contribution in [0.25, 0.3) is 0 Å². The molecular weight excluding hydrogens is 244 g/mol. The maximum absolute atomic E-state index is 10.0. The molecule has 0 aliphatic rings. The Morgan fingerprint density at radius 3 is 2.94 bits per heavy atom. The minimum atomic E-state index is -0.364. The van der Waals surface area contributed by atoms with Gasteiger partial charge in [0.2, 0.25) is 0 Å². The molecule has 1 heterocycles. The summed E-state index contributed by atoms with van der Waals surface area (Å²) in [7, 11) is 1.95. The van der Waals surface area contributed by atoms with Gasteiger partial charge in [0.25, 0.3) is 0 Å². The lowest BCUT2D eigenvalue weighted by atomic mass is 10.2. The molecule has 0 spiro atoms. The molecule has 0 fully saturated rings. The van der Waals surface area contributed by atoms with Crippen molar-refractivity contribution in [1.29, 1.82) is 0 Å². The maximum atomic E-state index is 10.0. The molecule has 0 bridgehead atoms. The second kappa shape index (κ2) is 6.07. The van der Waals surface area contributed by atoms with Crippen molar-refractivity contribution in [3.05, 3.63) is 48.0 Å². The standard InChI is InChI=1S/C14H18N2OS/c1-11-4-3-5-13(8-11)18-10-12(17)9-14-15-6-7-16(14)2/h3-8,12,17H,9-10H2,1-2H3. The molecule has 3 nitrogen and oxygen atoms in total. The molecule has 96 valence electrons. The summed E-state index contributed by atoms with van der Waals surface area (Å²) in [5, 5.41) is 10.0. The summed E-state index contributed by atoms with van der Waals surface area (Å²) in [5.41, 5.74) is 1.25. The van der Waals surface area contributed by atoms with Crippen LogP contribution in [0.5, 0.6) is 0 Å². The molecule has 18 heavy (non-hydrogen) atoms. The third-order valence-electron chi connectivity index (χ3n) is 2.77. The molecule has 1 aromatic heterocycles. The van der Waals surface area contributed by atoms with Crippen molar-refractivity contribution >= 4 is 11.8 Å². The van der Waals surface area contributed by atoms with Crippen LogP contribution in [0.15, 0.2) is 41.6 Å². The van der Waals surface area contributed by atoms with E-state index in [0.717, 1.165) is 5.82 Å². The van der Waals surface area contributed by atoms with E-state index in [1.165, 1.54) is 10.5 Å². The molecule has 1 N–H and O–H groups in total. The number of benzene rings is 1. The van der Waals surface area contributed by atoms with Gasteiger partial charge in [-0.2, -0.15) is 0 Å². The van der Waals surface area contributed by atoms with E-state index in [4.69, 9.17) is 0 Å². The smallest absolute Gasteiger partial charge is 0.110 e. The number of aromatic nitrogens is 2. The van der Waals surface area contributed by atoms with E-state index in [2.05, 4.69) is 30.1 Å². The Morgan fingerprint density at radius 1 is 1.44 bits per heavy atom. The Kier molecular flexibility index (Phi) is 4.44. The highest BCUT2D eigenvalue weighted by molar-refractivity contribution is 7.99. The number of imidazole rings is 1. The lowest BCUT2D eigenvalue weighted by Gasteiger charge is -2.10. The van der Waals surface area contributed by atoms with Crippen LogP contribution in [-0.2, 0) is 13.5 Å². The normalized spacial score (nSPS) is 12.6. The Labute approximate surface area is 112 Å². The van der Waals surface area contributed by atoms with E-state index in [-0.39, 0.29) is 6.10 Å². The third kappa shape index (κ3) is 3.62. The summed E-state index contributed by atoms with van der Waals surface area (Å²) in [6.45, 7) is 2.08. The number of hydrogen-bond acceptors (Lipinski definition) is 3. The van der Waals surface area contributed by atoms with Gasteiger partial charge in [-0.25, -0.2) is 4.98 Å². The van der Waals surface area contributed by atoms with Gasteiger partial charge in [-0.3, -0.25) is 0 Å². The van der Waals surface area contributed by atoms with Crippen molar-refractivity contribution in [2.24, 2.45) is 7.05 Å². The topological polar surface area (TPSA) is 38.1 Å². The number of aliphatic hydroxyl groups excluding tert-OH is 1. The number of aliphatic hydroxyl groups is 1. The molecule has 0 amide bonds. The van der Waals surface area contributed by atoms with E-state index in [1.54, 1.807) is 18.0 Å². The summed E-state index contributed by atoms with van der Waals surface area (Å²) < 4.78 is 1.94. The van der Waals surface area contributed by atoms with Gasteiger partial charge in [-0.15, -0.1) is 11.8 Å². The fourth-order valence-electron chi connectivity index (χ4n) is 1.76. The molecule has 2 rings (SSSR count). The summed E-state index contributed by atoms with van der Waals surface area (Å²) in [6.07, 6.45) is 3.89. The fraction of sp³-hybridized carbons (Fsp3) is 0.357. The average molecular weight is 262 g/mol. The number of rotatable bonds is 5. The Morgan fingerprint density at radius 2 is 2.28 bits per heavy atom. The van der Waals surface area contributed by atoms with Crippen molar-refractivity contribution in [2.45, 2.75) is 24.3 Å². The first-order valence-corrected chi connectivity index (χ1v) is 6.97. The molecule has 1 unspecified atom stereocenters. The van der Waals surface area contributed by atoms with E-state index >= 15 is 0 Å². The van der Waals surface area contributed by atoms with Gasteiger partial charge in [0, 0.05) is 36.5 Å². The molecule has 0 aliphatic carbocycles. The molecule has 0 saturated heterocycles. The molecule has 0 aliphatic heterocycles. The van der Waals surface area contributed by atoms with E-state index in [0.29, 0.717) is 12.2 Å². The molecule has 1 aromatic carbocycles. The molecule has 2 aromatic rings. The van der Waals surface area contributed by atoms with Crippen molar-refractivity contribution in [3.8, 4) is 0 Å². The molecule has 0 radical (unpaired) electrons. The van der Waals surface area contributed by atoms with Crippen molar-refractivity contribution in [3.63, 3.8) is 0 Å². The van der Waals surface area contributed by atoms with Crippen LogP contribution in [0.1, 0.15) is 11.4 Å². The third-order valence-corrected chi connectivity index (χ3v) is 3.91. The first-order chi connectivity index (χ1) is 8.65. The zero-order valence-corrected chi connectivity index (χ0v) is 11.5. The van der Waals surface area contributed by atoms with Crippen molar-refractivity contribution in [2.75, 3.05) is 5.75 Å². The van der Waals surface area contributed by atoms with Gasteiger partial charge in [0.05, 0.1) is 6.10 Å². The largest absolute Gasteiger partial charge is 0.392 e. The van der Waals surface area contributed by atoms with E-state index in [1.807, 2.05) is 23.9 Å². The highest BCUT2D eigenvalue weighted by Crippen LogP contribution is 2.20. The fourth-order valence-corrected chi connectivity index (χ4v) is 2.71. The van der Waals surface area contributed by atoms with Gasteiger partial charge >= 0.3 is 0 Å². The Bertz CT molecular complexity index is 510. The number of hydrogen-bond donors (Lipinski definition) is 1. The monoisotopic (exact) mass is 262 g/mol. The summed E-state index contributed by atoms with van der Waals surface area (Å²) >= 11 is 1.68. The van der Waals surface area contributed by atoms with Crippen molar-refractivity contribution < 1.29 is 5.11 Å². The average Bonchev–Trinajstić information content (AvgIpc) is 2.73. The van der Waals surface area contributed by atoms with Crippen LogP contribution in [0, 0.1) is 6.92 Å². The zero-order chi connectivity index (χ0) is 13.0. The molecular formula is C14H18N2OS. The van der Waals surface area contributed by atoms with Gasteiger partial charge in [0.1, 0.15) is 5.82 Å². The first-order valence-electron chi connectivity index (χ1n) is 5.99. The minimum Gasteiger partial charge on any atom is -0.392 e. The van der Waals surface area contributed by atoms with E-state index < -0.39 is 0 Å². The van der Waals surface area contributed by atoms with Crippen LogP contribution < -0.4 is 0 Å². The quantitative estimate of drug-likeness (QED) is 0.841. The van der Waals surface area contributed by atoms with Crippen molar-refractivity contribution in [1.82, 2.24) is 9.55 Å². The summed E-state index contributed by atoms with van der Waals surface area (Å²) in [4.78, 5) is 5.42. The zero-order valence-electron chi connectivity index (χ0n) is 10.7. The second-order valence-electron chi connectivity index (χ2n) is 4.44. The lowest BCUT2D eigenvalue weighted by Crippen LogP contribution is -2.16. The molecule has 4 heteroatoms. The van der Waals surface area contributed by atoms with Gasteiger partial charge in [-0.1, -0.05) is 17.7 Å². The number of aryl methyl sites for hydroxylation is 2. The van der Waals surface area contributed by atoms with Crippen LogP contribution in [0.2, 0.25) is 0 Å². The second-order valence-corrected chi connectivity index (χ2v) is 5.53. The first kappa shape index (κ1) is 13.2. The number of thioether (sulfide) groups is 1. The molecule has 1 atom stereocenters. The predicted octanol–water partition coefficient (Wildman–Crippen LogP) is 2.42. The highest BCUT2D eigenvalue weighted by atomic mass is 32.2. The maximum Gasteiger partial charge on any atom is 0.110 e. The minimum absolute atomic E-state index is 0.364. The SMILES string of the molecule is Cc1cccc(SCC(O)Cc2nccn2C)c1. The predicted molar refractivity (Wildman–Crippen MR) is 74.8 cm³/mol.